The molecule has 0 unspecified atom stereocenters. The Morgan fingerprint density at radius 2 is 2.44 bits per heavy atom. The Kier molecular flexibility index (Phi) is 3.69. The second-order valence-electron chi connectivity index (χ2n) is 4.28. The van der Waals surface area contributed by atoms with Gasteiger partial charge in [-0.3, -0.25) is 4.90 Å². The van der Waals surface area contributed by atoms with Crippen LogP contribution in [0.4, 0.5) is 0 Å². The molecule has 1 atom stereocenters. The highest BCUT2D eigenvalue weighted by Crippen LogP contribution is 2.27. The topological polar surface area (TPSA) is 38.2 Å². The molecule has 0 radical (unpaired) electrons. The first-order valence-electron chi connectivity index (χ1n) is 5.95. The highest BCUT2D eigenvalue weighted by atomic mass is 32.1. The standard InChI is InChI=1S/C12H15N3OS2/c1-9-14-10(8-18-9)11-7-16-4-3-15(11)6-12-13-2-5-17-12/h2,5,8,11H,3-4,6-7H2,1H3/t11-/m1/s1. The van der Waals surface area contributed by atoms with Crippen molar-refractivity contribution >= 4 is 22.7 Å². The summed E-state index contributed by atoms with van der Waals surface area (Å²) >= 11 is 3.41. The summed E-state index contributed by atoms with van der Waals surface area (Å²) in [5, 5.41) is 6.44. The molecule has 3 heterocycles. The maximum Gasteiger partial charge on any atom is 0.107 e. The number of thiazole rings is 2. The van der Waals surface area contributed by atoms with E-state index < -0.39 is 0 Å². The Balaban J connectivity index is 1.77. The summed E-state index contributed by atoms with van der Waals surface area (Å²) in [6.45, 7) is 5.41. The number of hydrogen-bond donors (Lipinski definition) is 0. The first-order chi connectivity index (χ1) is 8.83. The number of rotatable bonds is 3. The smallest absolute Gasteiger partial charge is 0.107 e. The van der Waals surface area contributed by atoms with Crippen LogP contribution in [-0.4, -0.2) is 34.6 Å². The second kappa shape index (κ2) is 5.44. The third-order valence-corrected chi connectivity index (χ3v) is 4.60. The molecule has 0 spiro atoms. The number of ether oxygens (including phenoxy) is 1. The zero-order chi connectivity index (χ0) is 12.4. The molecule has 3 rings (SSSR count). The van der Waals surface area contributed by atoms with Gasteiger partial charge in [-0.2, -0.15) is 0 Å². The summed E-state index contributed by atoms with van der Waals surface area (Å²) in [7, 11) is 0. The molecule has 0 bridgehead atoms. The average Bonchev–Trinajstić information content (AvgIpc) is 3.02. The van der Waals surface area contributed by atoms with Gasteiger partial charge < -0.3 is 4.74 Å². The molecule has 2 aromatic heterocycles. The molecular formula is C12H15N3OS2. The van der Waals surface area contributed by atoms with Crippen molar-refractivity contribution in [2.24, 2.45) is 0 Å². The van der Waals surface area contributed by atoms with Gasteiger partial charge in [0.25, 0.3) is 0 Å². The molecular weight excluding hydrogens is 266 g/mol. The van der Waals surface area contributed by atoms with Crippen molar-refractivity contribution < 1.29 is 4.74 Å². The minimum atomic E-state index is 0.271. The number of aromatic nitrogens is 2. The first-order valence-corrected chi connectivity index (χ1v) is 7.71. The van der Waals surface area contributed by atoms with Crippen LogP contribution >= 0.6 is 22.7 Å². The Labute approximate surface area is 114 Å². The van der Waals surface area contributed by atoms with E-state index in [1.165, 1.54) is 0 Å². The predicted molar refractivity (Wildman–Crippen MR) is 72.9 cm³/mol. The van der Waals surface area contributed by atoms with E-state index >= 15 is 0 Å². The number of aryl methyl sites for hydroxylation is 1. The van der Waals surface area contributed by atoms with Crippen LogP contribution in [0, 0.1) is 6.92 Å². The summed E-state index contributed by atoms with van der Waals surface area (Å²) in [5.74, 6) is 0. The maximum atomic E-state index is 5.60. The molecule has 18 heavy (non-hydrogen) atoms. The quantitative estimate of drug-likeness (QED) is 0.866. The third-order valence-electron chi connectivity index (χ3n) is 3.04. The van der Waals surface area contributed by atoms with E-state index in [2.05, 4.69) is 20.2 Å². The SMILES string of the molecule is Cc1nc([C@H]2COCCN2Cc2nccs2)cs1. The molecule has 1 fully saturated rings. The lowest BCUT2D eigenvalue weighted by atomic mass is 10.2. The van der Waals surface area contributed by atoms with Crippen molar-refractivity contribution in [3.05, 3.63) is 32.7 Å². The minimum absolute atomic E-state index is 0.271. The molecule has 1 aliphatic heterocycles. The van der Waals surface area contributed by atoms with Gasteiger partial charge in [-0.1, -0.05) is 0 Å². The van der Waals surface area contributed by atoms with Crippen LogP contribution in [0.1, 0.15) is 21.8 Å². The molecule has 0 aliphatic carbocycles. The van der Waals surface area contributed by atoms with Gasteiger partial charge in [0, 0.05) is 23.5 Å². The van der Waals surface area contributed by atoms with E-state index in [0.29, 0.717) is 0 Å². The van der Waals surface area contributed by atoms with Crippen molar-refractivity contribution in [3.63, 3.8) is 0 Å². The van der Waals surface area contributed by atoms with Gasteiger partial charge in [0.1, 0.15) is 5.01 Å². The van der Waals surface area contributed by atoms with Crippen LogP contribution in [0.5, 0.6) is 0 Å². The van der Waals surface area contributed by atoms with E-state index in [9.17, 15) is 0 Å². The molecule has 1 aliphatic rings. The Bertz CT molecular complexity index is 497. The van der Waals surface area contributed by atoms with E-state index in [-0.39, 0.29) is 6.04 Å². The zero-order valence-corrected chi connectivity index (χ0v) is 11.8. The van der Waals surface area contributed by atoms with Crippen LogP contribution in [-0.2, 0) is 11.3 Å². The molecule has 4 nitrogen and oxygen atoms in total. The summed E-state index contributed by atoms with van der Waals surface area (Å²) in [4.78, 5) is 11.4. The molecule has 0 saturated carbocycles. The first kappa shape index (κ1) is 12.2. The van der Waals surface area contributed by atoms with E-state index in [1.807, 2.05) is 18.5 Å². The number of morpholine rings is 1. The highest BCUT2D eigenvalue weighted by molar-refractivity contribution is 7.09. The van der Waals surface area contributed by atoms with Crippen LogP contribution in [0.3, 0.4) is 0 Å². The van der Waals surface area contributed by atoms with Gasteiger partial charge in [-0.05, 0) is 6.92 Å². The van der Waals surface area contributed by atoms with Crippen molar-refractivity contribution in [3.8, 4) is 0 Å². The van der Waals surface area contributed by atoms with Crippen LogP contribution < -0.4 is 0 Å². The van der Waals surface area contributed by atoms with Gasteiger partial charge in [0.2, 0.25) is 0 Å². The van der Waals surface area contributed by atoms with E-state index in [4.69, 9.17) is 4.74 Å². The Hall–Kier alpha value is -0.820. The molecule has 0 amide bonds. The largest absolute Gasteiger partial charge is 0.378 e. The van der Waals surface area contributed by atoms with Crippen molar-refractivity contribution in [1.29, 1.82) is 0 Å². The van der Waals surface area contributed by atoms with Crippen LogP contribution in [0.15, 0.2) is 17.0 Å². The number of nitrogens with zero attached hydrogens (tertiary/aromatic N) is 3. The summed E-state index contributed by atoms with van der Waals surface area (Å²) < 4.78 is 5.60. The van der Waals surface area contributed by atoms with Gasteiger partial charge in [0.05, 0.1) is 36.5 Å². The third kappa shape index (κ3) is 2.61. The summed E-state index contributed by atoms with van der Waals surface area (Å²) in [6.07, 6.45) is 1.86. The second-order valence-corrected chi connectivity index (χ2v) is 6.32. The highest BCUT2D eigenvalue weighted by Gasteiger charge is 2.26. The fourth-order valence-electron chi connectivity index (χ4n) is 2.14. The molecule has 1 saturated heterocycles. The molecule has 96 valence electrons. The van der Waals surface area contributed by atoms with Gasteiger partial charge >= 0.3 is 0 Å². The normalized spacial score (nSPS) is 21.3. The van der Waals surface area contributed by atoms with Crippen molar-refractivity contribution in [2.75, 3.05) is 19.8 Å². The molecule has 2 aromatic rings. The average molecular weight is 281 g/mol. The lowest BCUT2D eigenvalue weighted by Crippen LogP contribution is -2.39. The summed E-state index contributed by atoms with van der Waals surface area (Å²) in [5.41, 5.74) is 1.13. The molecule has 6 heteroatoms. The molecule has 0 aromatic carbocycles. The predicted octanol–water partition coefficient (Wildman–Crippen LogP) is 2.48. The minimum Gasteiger partial charge on any atom is -0.378 e. The van der Waals surface area contributed by atoms with Crippen molar-refractivity contribution in [1.82, 2.24) is 14.9 Å². The zero-order valence-electron chi connectivity index (χ0n) is 10.2. The van der Waals surface area contributed by atoms with Gasteiger partial charge in [-0.15, -0.1) is 22.7 Å². The van der Waals surface area contributed by atoms with Gasteiger partial charge in [0.15, 0.2) is 0 Å². The fourth-order valence-corrected chi connectivity index (χ4v) is 3.44. The molecule has 0 N–H and O–H groups in total. The maximum absolute atomic E-state index is 5.60. The Morgan fingerprint density at radius 1 is 1.50 bits per heavy atom. The summed E-state index contributed by atoms with van der Waals surface area (Å²) in [6, 6.07) is 0.271. The van der Waals surface area contributed by atoms with Crippen LogP contribution in [0.25, 0.3) is 0 Å². The van der Waals surface area contributed by atoms with Crippen molar-refractivity contribution in [2.45, 2.75) is 19.5 Å². The fraction of sp³-hybridized carbons (Fsp3) is 0.500. The number of hydrogen-bond acceptors (Lipinski definition) is 6. The monoisotopic (exact) mass is 281 g/mol. The Morgan fingerprint density at radius 3 is 3.17 bits per heavy atom. The van der Waals surface area contributed by atoms with E-state index in [1.54, 1.807) is 22.7 Å². The lowest BCUT2D eigenvalue weighted by molar-refractivity contribution is -0.0141. The van der Waals surface area contributed by atoms with E-state index in [0.717, 1.165) is 42.0 Å². The lowest BCUT2D eigenvalue weighted by Gasteiger charge is -2.33. The van der Waals surface area contributed by atoms with Gasteiger partial charge in [-0.25, -0.2) is 9.97 Å². The van der Waals surface area contributed by atoms with Crippen LogP contribution in [0.2, 0.25) is 0 Å².